The summed E-state index contributed by atoms with van der Waals surface area (Å²) in [4.78, 5) is 4.32. The van der Waals surface area contributed by atoms with Crippen molar-refractivity contribution in [2.45, 2.75) is 40.2 Å². The molecule has 0 aromatic carbocycles. The maximum absolute atomic E-state index is 5.83. The van der Waals surface area contributed by atoms with Crippen LogP contribution in [-0.2, 0) is 6.42 Å². The summed E-state index contributed by atoms with van der Waals surface area (Å²) in [7, 11) is 0. The summed E-state index contributed by atoms with van der Waals surface area (Å²) in [6, 6.07) is 0.333. The first-order chi connectivity index (χ1) is 6.50. The monoisotopic (exact) mass is 195 g/mol. The summed E-state index contributed by atoms with van der Waals surface area (Å²) in [5, 5.41) is 0. The van der Waals surface area contributed by atoms with Gasteiger partial charge in [-0.15, -0.1) is 0 Å². The zero-order valence-electron chi connectivity index (χ0n) is 9.62. The second-order valence-corrected chi connectivity index (χ2v) is 4.72. The van der Waals surface area contributed by atoms with Gasteiger partial charge in [0.25, 0.3) is 0 Å². The number of nitrogens with zero attached hydrogens (tertiary/aromatic N) is 2. The number of nitrogens with two attached hydrogens (primary N) is 1. The smallest absolute Gasteiger partial charge is 0.108 e. The van der Waals surface area contributed by atoms with E-state index in [0.717, 1.165) is 12.2 Å². The lowest BCUT2D eigenvalue weighted by Crippen LogP contribution is -2.31. The molecule has 80 valence electrons. The molecule has 1 aromatic rings. The van der Waals surface area contributed by atoms with Gasteiger partial charge >= 0.3 is 0 Å². The summed E-state index contributed by atoms with van der Waals surface area (Å²) in [6.07, 6.45) is 4.84. The topological polar surface area (TPSA) is 43.8 Å². The molecule has 1 heterocycles. The lowest BCUT2D eigenvalue weighted by Gasteiger charge is -2.31. The number of imidazole rings is 1. The Morgan fingerprint density at radius 3 is 2.57 bits per heavy atom. The van der Waals surface area contributed by atoms with Gasteiger partial charge in [-0.1, -0.05) is 27.7 Å². The third-order valence-electron chi connectivity index (χ3n) is 2.62. The molecule has 0 bridgehead atoms. The van der Waals surface area contributed by atoms with Gasteiger partial charge in [-0.05, 0) is 5.41 Å². The molecule has 14 heavy (non-hydrogen) atoms. The van der Waals surface area contributed by atoms with Crippen LogP contribution in [0, 0.1) is 5.41 Å². The molecule has 2 N–H and O–H groups in total. The Morgan fingerprint density at radius 1 is 1.50 bits per heavy atom. The number of rotatable bonds is 3. The quantitative estimate of drug-likeness (QED) is 0.801. The fourth-order valence-corrected chi connectivity index (χ4v) is 1.79. The van der Waals surface area contributed by atoms with Gasteiger partial charge in [-0.2, -0.15) is 0 Å². The van der Waals surface area contributed by atoms with Crippen molar-refractivity contribution in [2.24, 2.45) is 11.1 Å². The van der Waals surface area contributed by atoms with Crippen LogP contribution in [-0.4, -0.2) is 16.1 Å². The molecular formula is C11H21N3. The van der Waals surface area contributed by atoms with Gasteiger partial charge in [0.05, 0.1) is 6.04 Å². The van der Waals surface area contributed by atoms with Gasteiger partial charge in [-0.25, -0.2) is 4.98 Å². The zero-order chi connectivity index (χ0) is 10.8. The van der Waals surface area contributed by atoms with Crippen LogP contribution in [0.5, 0.6) is 0 Å². The lowest BCUT2D eigenvalue weighted by molar-refractivity contribution is 0.244. The third kappa shape index (κ3) is 2.15. The first-order valence-electron chi connectivity index (χ1n) is 5.22. The molecule has 0 aliphatic rings. The summed E-state index contributed by atoms with van der Waals surface area (Å²) < 4.78 is 2.21. The van der Waals surface area contributed by atoms with E-state index < -0.39 is 0 Å². The highest BCUT2D eigenvalue weighted by Gasteiger charge is 2.25. The van der Waals surface area contributed by atoms with Crippen LogP contribution in [0.3, 0.4) is 0 Å². The van der Waals surface area contributed by atoms with E-state index in [1.807, 2.05) is 12.4 Å². The second kappa shape index (κ2) is 4.13. The average molecular weight is 195 g/mol. The Kier molecular flexibility index (Phi) is 3.32. The van der Waals surface area contributed by atoms with Crippen molar-refractivity contribution in [1.82, 2.24) is 9.55 Å². The van der Waals surface area contributed by atoms with E-state index in [4.69, 9.17) is 5.73 Å². The fraction of sp³-hybridized carbons (Fsp3) is 0.727. The van der Waals surface area contributed by atoms with E-state index in [-0.39, 0.29) is 5.41 Å². The molecule has 0 fully saturated rings. The summed E-state index contributed by atoms with van der Waals surface area (Å²) >= 11 is 0. The summed E-state index contributed by atoms with van der Waals surface area (Å²) in [6.45, 7) is 9.42. The molecule has 0 radical (unpaired) electrons. The maximum atomic E-state index is 5.83. The highest BCUT2D eigenvalue weighted by Crippen LogP contribution is 2.30. The zero-order valence-corrected chi connectivity index (χ0v) is 9.62. The van der Waals surface area contributed by atoms with E-state index in [9.17, 15) is 0 Å². The van der Waals surface area contributed by atoms with Crippen molar-refractivity contribution in [3.63, 3.8) is 0 Å². The highest BCUT2D eigenvalue weighted by atomic mass is 15.1. The SMILES string of the molecule is CCc1nccn1C(CN)C(C)(C)C. The number of aryl methyl sites for hydroxylation is 1. The van der Waals surface area contributed by atoms with Gasteiger partial charge in [0, 0.05) is 25.4 Å². The first-order valence-corrected chi connectivity index (χ1v) is 5.22. The maximum Gasteiger partial charge on any atom is 0.108 e. The normalized spacial score (nSPS) is 14.4. The molecule has 0 amide bonds. The molecule has 0 saturated heterocycles. The molecule has 0 aliphatic heterocycles. The molecular weight excluding hydrogens is 174 g/mol. The Hall–Kier alpha value is -0.830. The minimum Gasteiger partial charge on any atom is -0.330 e. The molecule has 3 heteroatoms. The summed E-state index contributed by atoms with van der Waals surface area (Å²) in [5.41, 5.74) is 6.01. The summed E-state index contributed by atoms with van der Waals surface area (Å²) in [5.74, 6) is 1.12. The number of hydrogen-bond donors (Lipinski definition) is 1. The van der Waals surface area contributed by atoms with Gasteiger partial charge in [-0.3, -0.25) is 0 Å². The van der Waals surface area contributed by atoms with Crippen LogP contribution >= 0.6 is 0 Å². The lowest BCUT2D eigenvalue weighted by atomic mass is 9.86. The standard InChI is InChI=1S/C11H21N3/c1-5-10-13-6-7-14(10)9(8-12)11(2,3)4/h6-7,9H,5,8,12H2,1-4H3. The van der Waals surface area contributed by atoms with Crippen molar-refractivity contribution >= 4 is 0 Å². The van der Waals surface area contributed by atoms with Crippen LogP contribution in [0.15, 0.2) is 12.4 Å². The Labute approximate surface area is 86.3 Å². The Bertz CT molecular complexity index is 283. The predicted molar refractivity (Wildman–Crippen MR) is 59.2 cm³/mol. The van der Waals surface area contributed by atoms with Crippen molar-refractivity contribution in [3.05, 3.63) is 18.2 Å². The Morgan fingerprint density at radius 2 is 2.14 bits per heavy atom. The molecule has 1 atom stereocenters. The molecule has 0 spiro atoms. The van der Waals surface area contributed by atoms with Crippen LogP contribution < -0.4 is 5.73 Å². The average Bonchev–Trinajstić information content (AvgIpc) is 2.51. The molecule has 1 aromatic heterocycles. The number of aromatic nitrogens is 2. The Balaban J connectivity index is 3.01. The molecule has 1 unspecified atom stereocenters. The number of hydrogen-bond acceptors (Lipinski definition) is 2. The van der Waals surface area contributed by atoms with E-state index in [1.54, 1.807) is 0 Å². The van der Waals surface area contributed by atoms with Crippen LogP contribution in [0.1, 0.15) is 39.6 Å². The second-order valence-electron chi connectivity index (χ2n) is 4.72. The highest BCUT2D eigenvalue weighted by molar-refractivity contribution is 4.97. The minimum absolute atomic E-state index is 0.180. The van der Waals surface area contributed by atoms with E-state index in [1.165, 1.54) is 0 Å². The van der Waals surface area contributed by atoms with Crippen LogP contribution in [0.2, 0.25) is 0 Å². The van der Waals surface area contributed by atoms with Crippen molar-refractivity contribution in [1.29, 1.82) is 0 Å². The van der Waals surface area contributed by atoms with Gasteiger partial charge in [0.2, 0.25) is 0 Å². The van der Waals surface area contributed by atoms with E-state index in [2.05, 4.69) is 37.2 Å². The van der Waals surface area contributed by atoms with E-state index >= 15 is 0 Å². The largest absolute Gasteiger partial charge is 0.330 e. The predicted octanol–water partition coefficient (Wildman–Crippen LogP) is 1.99. The van der Waals surface area contributed by atoms with E-state index in [0.29, 0.717) is 12.6 Å². The third-order valence-corrected chi connectivity index (χ3v) is 2.62. The first kappa shape index (κ1) is 11.2. The van der Waals surface area contributed by atoms with Crippen LogP contribution in [0.25, 0.3) is 0 Å². The van der Waals surface area contributed by atoms with Crippen molar-refractivity contribution in [2.75, 3.05) is 6.54 Å². The van der Waals surface area contributed by atoms with Crippen molar-refractivity contribution in [3.8, 4) is 0 Å². The van der Waals surface area contributed by atoms with Gasteiger partial charge in [0.15, 0.2) is 0 Å². The molecule has 1 rings (SSSR count). The van der Waals surface area contributed by atoms with Crippen LogP contribution in [0.4, 0.5) is 0 Å². The molecule has 3 nitrogen and oxygen atoms in total. The fourth-order valence-electron chi connectivity index (χ4n) is 1.79. The van der Waals surface area contributed by atoms with Gasteiger partial charge in [0.1, 0.15) is 5.82 Å². The molecule has 0 aliphatic carbocycles. The minimum atomic E-state index is 0.180. The van der Waals surface area contributed by atoms with Gasteiger partial charge < -0.3 is 10.3 Å². The molecule has 0 saturated carbocycles. The van der Waals surface area contributed by atoms with Crippen molar-refractivity contribution < 1.29 is 0 Å².